The predicted molar refractivity (Wildman–Crippen MR) is 88.5 cm³/mol. The topological polar surface area (TPSA) is 13.1 Å². The van der Waals surface area contributed by atoms with Crippen LogP contribution in [-0.2, 0) is 0 Å². The summed E-state index contributed by atoms with van der Waals surface area (Å²) in [5.41, 5.74) is 3.02. The minimum atomic E-state index is -0.459. The molecule has 0 fully saturated rings. The second-order valence-corrected chi connectivity index (χ2v) is 5.85. The summed E-state index contributed by atoms with van der Waals surface area (Å²) in [5.74, 6) is -0.894. The van der Waals surface area contributed by atoms with Gasteiger partial charge in [0.25, 0.3) is 0 Å². The highest BCUT2D eigenvalue weighted by molar-refractivity contribution is 6.06. The van der Waals surface area contributed by atoms with Gasteiger partial charge in [-0.05, 0) is 31.0 Å². The summed E-state index contributed by atoms with van der Waals surface area (Å²) in [6, 6.07) is 14.5. The van der Waals surface area contributed by atoms with Crippen molar-refractivity contribution in [3.63, 3.8) is 0 Å². The summed E-state index contributed by atoms with van der Waals surface area (Å²) in [7, 11) is 0. The van der Waals surface area contributed by atoms with Gasteiger partial charge in [0.05, 0.1) is 0 Å². The van der Waals surface area contributed by atoms with E-state index in [-0.39, 0.29) is 11.2 Å². The van der Waals surface area contributed by atoms with Crippen LogP contribution in [0.1, 0.15) is 11.1 Å². The Kier molecular flexibility index (Phi) is 2.98. The molecule has 4 aromatic rings. The van der Waals surface area contributed by atoms with Gasteiger partial charge < -0.3 is 4.42 Å². The molecule has 23 heavy (non-hydrogen) atoms. The fourth-order valence-electron chi connectivity index (χ4n) is 2.89. The van der Waals surface area contributed by atoms with Crippen molar-refractivity contribution >= 4 is 21.9 Å². The molecule has 0 aliphatic rings. The first-order valence-corrected chi connectivity index (χ1v) is 7.43. The van der Waals surface area contributed by atoms with Gasteiger partial charge in [-0.25, -0.2) is 8.78 Å². The lowest BCUT2D eigenvalue weighted by atomic mass is 10.0. The molecule has 0 bridgehead atoms. The van der Waals surface area contributed by atoms with Gasteiger partial charge in [0.2, 0.25) is 0 Å². The Morgan fingerprint density at radius 3 is 2.00 bits per heavy atom. The highest BCUT2D eigenvalue weighted by Gasteiger charge is 2.18. The molecule has 4 rings (SSSR count). The zero-order valence-electron chi connectivity index (χ0n) is 12.8. The van der Waals surface area contributed by atoms with Crippen LogP contribution in [0.4, 0.5) is 8.78 Å². The minimum absolute atomic E-state index is 0.0996. The molecule has 3 aromatic carbocycles. The van der Waals surface area contributed by atoms with Crippen LogP contribution in [0.2, 0.25) is 0 Å². The van der Waals surface area contributed by atoms with Crippen LogP contribution in [-0.4, -0.2) is 0 Å². The first-order valence-electron chi connectivity index (χ1n) is 7.43. The number of rotatable bonds is 1. The standard InChI is InChI=1S/C20H14F2O/c1-11-3-6-13(7-4-11)14-9-10-16-15-8-5-12(2)17(21)19(15)23-20(16)18(14)22/h3-10H,1-2H3. The first-order chi connectivity index (χ1) is 11.1. The SMILES string of the molecule is Cc1ccc(-c2ccc3c(oc4c(F)c(C)ccc43)c2F)cc1. The molecule has 0 amide bonds. The minimum Gasteiger partial charge on any atom is -0.450 e. The van der Waals surface area contributed by atoms with Gasteiger partial charge in [0.15, 0.2) is 22.8 Å². The Morgan fingerprint density at radius 2 is 1.30 bits per heavy atom. The van der Waals surface area contributed by atoms with Crippen LogP contribution in [0.3, 0.4) is 0 Å². The molecule has 0 N–H and O–H groups in total. The molecule has 0 aliphatic carbocycles. The molecule has 0 radical (unpaired) electrons. The molecule has 0 saturated heterocycles. The summed E-state index contributed by atoms with van der Waals surface area (Å²) in [4.78, 5) is 0. The zero-order valence-corrected chi connectivity index (χ0v) is 12.8. The molecule has 1 heterocycles. The fourth-order valence-corrected chi connectivity index (χ4v) is 2.89. The van der Waals surface area contributed by atoms with Crippen LogP contribution in [0.5, 0.6) is 0 Å². The number of hydrogen-bond donors (Lipinski definition) is 0. The van der Waals surface area contributed by atoms with E-state index in [4.69, 9.17) is 4.42 Å². The van der Waals surface area contributed by atoms with Crippen LogP contribution < -0.4 is 0 Å². The lowest BCUT2D eigenvalue weighted by Crippen LogP contribution is -1.85. The van der Waals surface area contributed by atoms with E-state index >= 15 is 0 Å². The number of aryl methyl sites for hydroxylation is 2. The molecule has 0 saturated carbocycles. The molecule has 1 aromatic heterocycles. The van der Waals surface area contributed by atoms with Crippen molar-refractivity contribution in [1.82, 2.24) is 0 Å². The third-order valence-electron chi connectivity index (χ3n) is 4.24. The normalized spacial score (nSPS) is 11.5. The summed E-state index contributed by atoms with van der Waals surface area (Å²) >= 11 is 0. The van der Waals surface area contributed by atoms with Gasteiger partial charge in [-0.1, -0.05) is 48.0 Å². The van der Waals surface area contributed by atoms with Crippen molar-refractivity contribution in [3.8, 4) is 11.1 Å². The maximum Gasteiger partial charge on any atom is 0.174 e. The lowest BCUT2D eigenvalue weighted by molar-refractivity contribution is 0.555. The van der Waals surface area contributed by atoms with Gasteiger partial charge in [0, 0.05) is 16.3 Å². The number of hydrogen-bond acceptors (Lipinski definition) is 1. The Bertz CT molecular complexity index is 1040. The van der Waals surface area contributed by atoms with Gasteiger partial charge >= 0.3 is 0 Å². The summed E-state index contributed by atoms with van der Waals surface area (Å²) < 4.78 is 34.7. The quantitative estimate of drug-likeness (QED) is 0.411. The third kappa shape index (κ3) is 2.04. The van der Waals surface area contributed by atoms with Crippen molar-refractivity contribution < 1.29 is 13.2 Å². The predicted octanol–water partition coefficient (Wildman–Crippen LogP) is 6.15. The van der Waals surface area contributed by atoms with Crippen molar-refractivity contribution in [2.24, 2.45) is 0 Å². The summed E-state index contributed by atoms with van der Waals surface area (Å²) in [5, 5.41) is 1.18. The van der Waals surface area contributed by atoms with E-state index in [1.165, 1.54) is 0 Å². The average molecular weight is 308 g/mol. The Morgan fingerprint density at radius 1 is 0.696 bits per heavy atom. The molecular weight excluding hydrogens is 294 g/mol. The number of fused-ring (bicyclic) bond motifs is 3. The van der Waals surface area contributed by atoms with E-state index in [9.17, 15) is 8.78 Å². The zero-order chi connectivity index (χ0) is 16.1. The van der Waals surface area contributed by atoms with Crippen LogP contribution in [0.25, 0.3) is 33.1 Å². The molecule has 0 atom stereocenters. The van der Waals surface area contributed by atoms with E-state index in [2.05, 4.69) is 0 Å². The smallest absolute Gasteiger partial charge is 0.174 e. The Balaban J connectivity index is 2.03. The highest BCUT2D eigenvalue weighted by Crippen LogP contribution is 2.36. The number of furan rings is 1. The van der Waals surface area contributed by atoms with E-state index in [0.29, 0.717) is 21.9 Å². The van der Waals surface area contributed by atoms with Gasteiger partial charge in [-0.15, -0.1) is 0 Å². The molecule has 1 nitrogen and oxygen atoms in total. The van der Waals surface area contributed by atoms with Crippen LogP contribution >= 0.6 is 0 Å². The highest BCUT2D eigenvalue weighted by atomic mass is 19.1. The first kappa shape index (κ1) is 13.9. The molecule has 3 heteroatoms. The second kappa shape index (κ2) is 4.92. The largest absolute Gasteiger partial charge is 0.450 e. The molecule has 0 spiro atoms. The molecule has 0 aliphatic heterocycles. The average Bonchev–Trinajstić information content (AvgIpc) is 2.93. The number of halogens is 2. The summed E-state index contributed by atoms with van der Waals surface area (Å²) in [6.45, 7) is 3.64. The Hall–Kier alpha value is -2.68. The van der Waals surface area contributed by atoms with Crippen molar-refractivity contribution in [2.75, 3.05) is 0 Å². The van der Waals surface area contributed by atoms with E-state index in [1.807, 2.05) is 31.2 Å². The lowest BCUT2D eigenvalue weighted by Gasteiger charge is -2.04. The monoisotopic (exact) mass is 308 g/mol. The van der Waals surface area contributed by atoms with E-state index < -0.39 is 11.6 Å². The Labute approximate surface area is 132 Å². The maximum absolute atomic E-state index is 14.9. The molecular formula is C20H14F2O. The second-order valence-electron chi connectivity index (χ2n) is 5.85. The van der Waals surface area contributed by atoms with Gasteiger partial charge in [-0.3, -0.25) is 0 Å². The summed E-state index contributed by atoms with van der Waals surface area (Å²) in [6.07, 6.45) is 0. The van der Waals surface area contributed by atoms with Gasteiger partial charge in [-0.2, -0.15) is 0 Å². The number of benzene rings is 3. The van der Waals surface area contributed by atoms with E-state index in [0.717, 1.165) is 11.1 Å². The maximum atomic E-state index is 14.9. The molecule has 114 valence electrons. The van der Waals surface area contributed by atoms with Crippen LogP contribution in [0, 0.1) is 25.5 Å². The van der Waals surface area contributed by atoms with Gasteiger partial charge in [0.1, 0.15) is 0 Å². The van der Waals surface area contributed by atoms with E-state index in [1.54, 1.807) is 31.2 Å². The van der Waals surface area contributed by atoms with Crippen molar-refractivity contribution in [1.29, 1.82) is 0 Å². The van der Waals surface area contributed by atoms with Crippen LogP contribution in [0.15, 0.2) is 52.9 Å². The van der Waals surface area contributed by atoms with Crippen molar-refractivity contribution in [3.05, 3.63) is 71.3 Å². The third-order valence-corrected chi connectivity index (χ3v) is 4.24. The van der Waals surface area contributed by atoms with Crippen molar-refractivity contribution in [2.45, 2.75) is 13.8 Å². The fraction of sp³-hybridized carbons (Fsp3) is 0.100. The molecule has 0 unspecified atom stereocenters.